The molecule has 4 unspecified atom stereocenters. The van der Waals surface area contributed by atoms with Crippen molar-refractivity contribution in [2.45, 2.75) is 69.0 Å². The molecule has 1 fully saturated rings. The number of sulfonamides is 1. The molecule has 1 aliphatic carbocycles. The first-order valence-corrected chi connectivity index (χ1v) is 16.7. The molecule has 0 radical (unpaired) electrons. The second-order valence-electron chi connectivity index (χ2n) is 12.2. The standard InChI is InChI=1S/C32H33ClF2N4O5S/c1-18-10-11-20(17-32(2,41)26-16-25(44-37-26)19-7-4-3-5-8-19)28(18)38-45(42,43)30-24-9-6-14-39(24)29(27(30)33)31(40)36-21-12-13-22(34)23(35)15-21/h3-5,7-8,12-13,15-16,18,20,28,38,41H,6,9-11,14,17H2,1-2H3,(H,36,40). The van der Waals surface area contributed by atoms with Crippen molar-refractivity contribution in [2.75, 3.05) is 5.32 Å². The number of benzene rings is 2. The van der Waals surface area contributed by atoms with Gasteiger partial charge in [-0.25, -0.2) is 21.9 Å². The molecule has 0 saturated heterocycles. The summed E-state index contributed by atoms with van der Waals surface area (Å²) in [5, 5.41) is 17.9. The summed E-state index contributed by atoms with van der Waals surface area (Å²) in [4.78, 5) is 13.1. The van der Waals surface area contributed by atoms with E-state index < -0.39 is 39.2 Å². The van der Waals surface area contributed by atoms with Crippen LogP contribution in [0, 0.1) is 23.5 Å². The molecule has 13 heteroatoms. The number of carbonyl (C=O) groups is 1. The number of anilines is 1. The van der Waals surface area contributed by atoms with Crippen molar-refractivity contribution in [1.29, 1.82) is 0 Å². The Labute approximate surface area is 264 Å². The van der Waals surface area contributed by atoms with Crippen LogP contribution in [0.5, 0.6) is 0 Å². The number of aliphatic hydroxyl groups is 1. The van der Waals surface area contributed by atoms with E-state index in [9.17, 15) is 27.1 Å². The van der Waals surface area contributed by atoms with E-state index in [4.69, 9.17) is 16.1 Å². The van der Waals surface area contributed by atoms with Crippen LogP contribution in [0.1, 0.15) is 61.4 Å². The molecule has 1 saturated carbocycles. The number of hydrogen-bond donors (Lipinski definition) is 3. The van der Waals surface area contributed by atoms with E-state index in [0.717, 1.165) is 24.1 Å². The maximum absolute atomic E-state index is 14.0. The van der Waals surface area contributed by atoms with Gasteiger partial charge in [-0.2, -0.15) is 0 Å². The van der Waals surface area contributed by atoms with Crippen LogP contribution < -0.4 is 10.0 Å². The summed E-state index contributed by atoms with van der Waals surface area (Å²) in [7, 11) is -4.22. The van der Waals surface area contributed by atoms with E-state index in [1.54, 1.807) is 17.6 Å². The van der Waals surface area contributed by atoms with E-state index in [2.05, 4.69) is 15.2 Å². The Balaban J connectivity index is 1.24. The highest BCUT2D eigenvalue weighted by Crippen LogP contribution is 2.42. The fourth-order valence-electron chi connectivity index (χ4n) is 6.63. The number of amides is 1. The summed E-state index contributed by atoms with van der Waals surface area (Å²) in [6.45, 7) is 3.97. The quantitative estimate of drug-likeness (QED) is 0.195. The maximum atomic E-state index is 14.0. The second kappa shape index (κ2) is 12.0. The number of nitrogens with zero attached hydrogens (tertiary/aromatic N) is 2. The van der Waals surface area contributed by atoms with Crippen LogP contribution in [-0.4, -0.2) is 35.2 Å². The minimum atomic E-state index is -4.22. The number of carbonyl (C=O) groups excluding carboxylic acids is 1. The summed E-state index contributed by atoms with van der Waals surface area (Å²) < 4.78 is 65.1. The van der Waals surface area contributed by atoms with Crippen LogP contribution in [0.15, 0.2) is 64.0 Å². The summed E-state index contributed by atoms with van der Waals surface area (Å²) in [6, 6.07) is 13.5. The molecule has 6 rings (SSSR count). The highest BCUT2D eigenvalue weighted by atomic mass is 35.5. The van der Waals surface area contributed by atoms with Crippen molar-refractivity contribution < 1.29 is 31.6 Å². The summed E-state index contributed by atoms with van der Waals surface area (Å²) in [5.74, 6) is -2.68. The van der Waals surface area contributed by atoms with E-state index >= 15 is 0 Å². The molecule has 0 spiro atoms. The highest BCUT2D eigenvalue weighted by Gasteiger charge is 2.43. The number of halogens is 3. The van der Waals surface area contributed by atoms with Crippen molar-refractivity contribution in [2.24, 2.45) is 11.8 Å². The van der Waals surface area contributed by atoms with E-state index in [0.29, 0.717) is 43.0 Å². The zero-order valence-electron chi connectivity index (χ0n) is 24.7. The molecule has 3 heterocycles. The first-order valence-electron chi connectivity index (χ1n) is 14.8. The third kappa shape index (κ3) is 6.04. The van der Waals surface area contributed by atoms with Crippen LogP contribution >= 0.6 is 11.6 Å². The van der Waals surface area contributed by atoms with Gasteiger partial charge < -0.3 is 19.5 Å². The van der Waals surface area contributed by atoms with Crippen molar-refractivity contribution in [3.63, 3.8) is 0 Å². The monoisotopic (exact) mass is 658 g/mol. The Kier molecular flexibility index (Phi) is 8.36. The van der Waals surface area contributed by atoms with Crippen LogP contribution in [-0.2, 0) is 28.6 Å². The largest absolute Gasteiger partial charge is 0.384 e. The van der Waals surface area contributed by atoms with Gasteiger partial charge in [0, 0.05) is 41.7 Å². The first kappa shape index (κ1) is 31.4. The first-order chi connectivity index (χ1) is 21.4. The SMILES string of the molecule is CC1CCC(CC(C)(O)c2cc(-c3ccccc3)on2)C1NS(=O)(=O)c1c(Cl)c(C(=O)Nc2ccc(F)c(F)c2)n2c1CCC2. The van der Waals surface area contributed by atoms with E-state index in [1.165, 1.54) is 6.07 Å². The molecule has 3 N–H and O–H groups in total. The molecule has 2 aromatic heterocycles. The predicted molar refractivity (Wildman–Crippen MR) is 164 cm³/mol. The van der Waals surface area contributed by atoms with Gasteiger partial charge in [0.25, 0.3) is 5.91 Å². The molecule has 0 bridgehead atoms. The van der Waals surface area contributed by atoms with Gasteiger partial charge in [0.2, 0.25) is 10.0 Å². The van der Waals surface area contributed by atoms with Gasteiger partial charge in [-0.15, -0.1) is 0 Å². The predicted octanol–water partition coefficient (Wildman–Crippen LogP) is 6.26. The molecule has 238 valence electrons. The minimum Gasteiger partial charge on any atom is -0.384 e. The number of nitrogens with one attached hydrogen (secondary N) is 2. The Morgan fingerprint density at radius 3 is 2.64 bits per heavy atom. The van der Waals surface area contributed by atoms with Crippen molar-refractivity contribution in [1.82, 2.24) is 14.4 Å². The molecular weight excluding hydrogens is 626 g/mol. The number of fused-ring (bicyclic) bond motifs is 1. The average molecular weight is 659 g/mol. The lowest BCUT2D eigenvalue weighted by Gasteiger charge is -2.30. The topological polar surface area (TPSA) is 126 Å². The summed E-state index contributed by atoms with van der Waals surface area (Å²) in [6.07, 6.45) is 2.65. The summed E-state index contributed by atoms with van der Waals surface area (Å²) >= 11 is 6.65. The zero-order chi connectivity index (χ0) is 32.1. The van der Waals surface area contributed by atoms with Crippen molar-refractivity contribution >= 4 is 33.2 Å². The van der Waals surface area contributed by atoms with Crippen LogP contribution in [0.4, 0.5) is 14.5 Å². The Morgan fingerprint density at radius 2 is 1.91 bits per heavy atom. The lowest BCUT2D eigenvalue weighted by Crippen LogP contribution is -2.43. The fraction of sp³-hybridized carbons (Fsp3) is 0.375. The van der Waals surface area contributed by atoms with Crippen LogP contribution in [0.2, 0.25) is 5.02 Å². The molecular formula is C32H33ClF2N4O5S. The Hall–Kier alpha value is -3.58. The molecule has 45 heavy (non-hydrogen) atoms. The van der Waals surface area contributed by atoms with E-state index in [1.807, 2.05) is 37.3 Å². The third-order valence-electron chi connectivity index (χ3n) is 8.91. The lowest BCUT2D eigenvalue weighted by atomic mass is 9.85. The smallest absolute Gasteiger partial charge is 0.273 e. The Bertz CT molecular complexity index is 1860. The fourth-order valence-corrected chi connectivity index (χ4v) is 8.99. The van der Waals surface area contributed by atoms with Crippen molar-refractivity contribution in [3.05, 3.63) is 88.3 Å². The number of rotatable bonds is 9. The molecule has 2 aromatic carbocycles. The second-order valence-corrected chi connectivity index (χ2v) is 14.2. The van der Waals surface area contributed by atoms with Crippen LogP contribution in [0.25, 0.3) is 11.3 Å². The third-order valence-corrected chi connectivity index (χ3v) is 10.9. The molecule has 1 aliphatic heterocycles. The molecule has 1 amide bonds. The van der Waals surface area contributed by atoms with Crippen LogP contribution in [0.3, 0.4) is 0 Å². The molecule has 4 aromatic rings. The zero-order valence-corrected chi connectivity index (χ0v) is 26.3. The molecule has 9 nitrogen and oxygen atoms in total. The average Bonchev–Trinajstić information content (AvgIpc) is 3.77. The Morgan fingerprint density at radius 1 is 1.16 bits per heavy atom. The lowest BCUT2D eigenvalue weighted by molar-refractivity contribution is 0.0200. The van der Waals surface area contributed by atoms with E-state index in [-0.39, 0.29) is 39.6 Å². The van der Waals surface area contributed by atoms with Gasteiger partial charge in [-0.3, -0.25) is 4.79 Å². The summed E-state index contributed by atoms with van der Waals surface area (Å²) in [5.41, 5.74) is 0.134. The molecule has 4 atom stereocenters. The van der Waals surface area contributed by atoms with Gasteiger partial charge in [0.05, 0.1) is 5.02 Å². The van der Waals surface area contributed by atoms with Gasteiger partial charge in [-0.1, -0.05) is 54.0 Å². The minimum absolute atomic E-state index is 0.00345. The normalized spacial score (nSPS) is 21.1. The number of hydrogen-bond acceptors (Lipinski definition) is 6. The highest BCUT2D eigenvalue weighted by molar-refractivity contribution is 7.89. The van der Waals surface area contributed by atoms with Crippen molar-refractivity contribution in [3.8, 4) is 11.3 Å². The molecule has 2 aliphatic rings. The van der Waals surface area contributed by atoms with Gasteiger partial charge >= 0.3 is 0 Å². The van der Waals surface area contributed by atoms with Gasteiger partial charge in [0.15, 0.2) is 17.4 Å². The number of aromatic nitrogens is 2. The van der Waals surface area contributed by atoms with Gasteiger partial charge in [0.1, 0.15) is 21.9 Å². The maximum Gasteiger partial charge on any atom is 0.273 e. The van der Waals surface area contributed by atoms with Gasteiger partial charge in [-0.05, 0) is 63.0 Å².